The van der Waals surface area contributed by atoms with E-state index in [1.807, 2.05) is 27.7 Å². The predicted molar refractivity (Wildman–Crippen MR) is 134 cm³/mol. The van der Waals surface area contributed by atoms with Crippen molar-refractivity contribution < 1.29 is 22.8 Å². The lowest BCUT2D eigenvalue weighted by Crippen LogP contribution is -2.38. The van der Waals surface area contributed by atoms with Gasteiger partial charge in [-0.15, -0.1) is 0 Å². The Morgan fingerprint density at radius 1 is 1.06 bits per heavy atom. The Morgan fingerprint density at radius 3 is 2.25 bits per heavy atom. The predicted octanol–water partition coefficient (Wildman–Crippen LogP) is 6.33. The van der Waals surface area contributed by atoms with E-state index in [9.17, 15) is 22.8 Å². The van der Waals surface area contributed by atoms with Crippen LogP contribution in [-0.4, -0.2) is 39.6 Å². The molecule has 0 saturated carbocycles. The molecule has 0 fully saturated rings. The van der Waals surface area contributed by atoms with E-state index in [0.29, 0.717) is 22.9 Å². The third-order valence-electron chi connectivity index (χ3n) is 5.40. The number of benzene rings is 2. The summed E-state index contributed by atoms with van der Waals surface area (Å²) < 4.78 is 40.2. The van der Waals surface area contributed by atoms with Crippen molar-refractivity contribution in [3.8, 4) is 5.69 Å². The van der Waals surface area contributed by atoms with Crippen molar-refractivity contribution in [3.63, 3.8) is 0 Å². The lowest BCUT2D eigenvalue weighted by atomic mass is 9.92. The van der Waals surface area contributed by atoms with Crippen molar-refractivity contribution in [1.29, 1.82) is 0 Å². The number of halogens is 4. The standard InChI is InChI=1S/C26H28ClF3N4O2/c1-5-14-33(24(36)17-10-12-18(13-11-17)26(28,29)30)16-23(35)31-22-15-21(25(2,3)4)32-34(22)20-9-7-6-8-19(20)27/h6-13,15H,5,14,16H2,1-4H3,(H,31,35). The van der Waals surface area contributed by atoms with Crippen molar-refractivity contribution in [2.24, 2.45) is 0 Å². The number of alkyl halides is 3. The molecule has 0 aliphatic heterocycles. The Labute approximate surface area is 213 Å². The molecule has 0 unspecified atom stereocenters. The van der Waals surface area contributed by atoms with Gasteiger partial charge in [0.15, 0.2) is 0 Å². The van der Waals surface area contributed by atoms with Crippen molar-refractivity contribution in [2.45, 2.75) is 45.7 Å². The summed E-state index contributed by atoms with van der Waals surface area (Å²) >= 11 is 6.37. The molecule has 0 aliphatic carbocycles. The van der Waals surface area contributed by atoms with Gasteiger partial charge >= 0.3 is 6.18 Å². The van der Waals surface area contributed by atoms with Crippen molar-refractivity contribution in [3.05, 3.63) is 76.4 Å². The van der Waals surface area contributed by atoms with E-state index in [2.05, 4.69) is 10.4 Å². The average Bonchev–Trinajstić information content (AvgIpc) is 3.22. The minimum Gasteiger partial charge on any atom is -0.329 e. The molecule has 2 amide bonds. The number of nitrogens with zero attached hydrogens (tertiary/aromatic N) is 3. The number of anilines is 1. The molecule has 0 atom stereocenters. The summed E-state index contributed by atoms with van der Waals surface area (Å²) in [5.41, 5.74) is 0.223. The van der Waals surface area contributed by atoms with Crippen LogP contribution in [0.25, 0.3) is 5.69 Å². The minimum atomic E-state index is -4.50. The van der Waals surface area contributed by atoms with Gasteiger partial charge in [0.1, 0.15) is 12.4 Å². The first-order valence-electron chi connectivity index (χ1n) is 11.4. The second-order valence-corrected chi connectivity index (χ2v) is 9.79. The lowest BCUT2D eigenvalue weighted by Gasteiger charge is -2.22. The normalized spacial score (nSPS) is 11.9. The van der Waals surface area contributed by atoms with Crippen LogP contribution in [0.15, 0.2) is 54.6 Å². The van der Waals surface area contributed by atoms with Gasteiger partial charge in [0, 0.05) is 23.6 Å². The molecule has 0 aliphatic rings. The summed E-state index contributed by atoms with van der Waals surface area (Å²) in [5, 5.41) is 7.90. The molecule has 192 valence electrons. The first-order valence-corrected chi connectivity index (χ1v) is 11.8. The van der Waals surface area contributed by atoms with Crippen LogP contribution < -0.4 is 5.32 Å². The van der Waals surface area contributed by atoms with Gasteiger partial charge in [-0.1, -0.05) is 51.4 Å². The lowest BCUT2D eigenvalue weighted by molar-refractivity contribution is -0.137. The Balaban J connectivity index is 1.84. The van der Waals surface area contributed by atoms with E-state index in [0.717, 1.165) is 30.0 Å². The van der Waals surface area contributed by atoms with Crippen LogP contribution in [0.3, 0.4) is 0 Å². The third kappa shape index (κ3) is 6.46. The monoisotopic (exact) mass is 520 g/mol. The summed E-state index contributed by atoms with van der Waals surface area (Å²) in [4.78, 5) is 27.3. The quantitative estimate of drug-likeness (QED) is 0.395. The van der Waals surface area contributed by atoms with E-state index < -0.39 is 23.6 Å². The number of aromatic nitrogens is 2. The molecule has 3 aromatic rings. The fourth-order valence-corrected chi connectivity index (χ4v) is 3.72. The second-order valence-electron chi connectivity index (χ2n) is 9.38. The van der Waals surface area contributed by atoms with Gasteiger partial charge in [0.05, 0.1) is 22.0 Å². The van der Waals surface area contributed by atoms with Gasteiger partial charge in [-0.2, -0.15) is 18.3 Å². The Morgan fingerprint density at radius 2 is 1.69 bits per heavy atom. The second kappa shape index (κ2) is 10.7. The van der Waals surface area contributed by atoms with Crippen molar-refractivity contribution in [1.82, 2.24) is 14.7 Å². The number of carbonyl (C=O) groups excluding carboxylic acids is 2. The smallest absolute Gasteiger partial charge is 0.329 e. The zero-order chi connectivity index (χ0) is 26.7. The highest BCUT2D eigenvalue weighted by atomic mass is 35.5. The molecular weight excluding hydrogens is 493 g/mol. The van der Waals surface area contributed by atoms with Gasteiger partial charge < -0.3 is 10.2 Å². The summed E-state index contributed by atoms with van der Waals surface area (Å²) in [6, 6.07) is 12.8. The van der Waals surface area contributed by atoms with Crippen LogP contribution in [0.2, 0.25) is 5.02 Å². The maximum Gasteiger partial charge on any atom is 0.416 e. The highest BCUT2D eigenvalue weighted by Gasteiger charge is 2.30. The number of rotatable bonds is 7. The van der Waals surface area contributed by atoms with Crippen molar-refractivity contribution >= 4 is 29.2 Å². The number of hydrogen-bond donors (Lipinski definition) is 1. The molecule has 2 aromatic carbocycles. The van der Waals surface area contributed by atoms with Crippen LogP contribution in [-0.2, 0) is 16.4 Å². The molecule has 36 heavy (non-hydrogen) atoms. The highest BCUT2D eigenvalue weighted by Crippen LogP contribution is 2.30. The number of amides is 2. The van der Waals surface area contributed by atoms with E-state index in [4.69, 9.17) is 11.6 Å². The number of nitrogens with one attached hydrogen (secondary N) is 1. The Bertz CT molecular complexity index is 1230. The van der Waals surface area contributed by atoms with Crippen molar-refractivity contribution in [2.75, 3.05) is 18.4 Å². The van der Waals surface area contributed by atoms with Crippen LogP contribution in [0.4, 0.5) is 19.0 Å². The minimum absolute atomic E-state index is 0.0698. The van der Waals surface area contributed by atoms with E-state index in [-0.39, 0.29) is 24.1 Å². The molecule has 1 heterocycles. The highest BCUT2D eigenvalue weighted by molar-refractivity contribution is 6.32. The van der Waals surface area contributed by atoms with Crippen LogP contribution >= 0.6 is 11.6 Å². The van der Waals surface area contributed by atoms with Crippen LogP contribution in [0.1, 0.15) is 55.7 Å². The molecule has 6 nitrogen and oxygen atoms in total. The summed E-state index contributed by atoms with van der Waals surface area (Å²) in [7, 11) is 0. The molecule has 0 spiro atoms. The molecule has 3 rings (SSSR count). The number of hydrogen-bond acceptors (Lipinski definition) is 3. The number of para-hydroxylation sites is 1. The average molecular weight is 521 g/mol. The van der Waals surface area contributed by atoms with Gasteiger partial charge in [-0.25, -0.2) is 4.68 Å². The van der Waals surface area contributed by atoms with Gasteiger partial charge in [0.25, 0.3) is 5.91 Å². The van der Waals surface area contributed by atoms with Crippen LogP contribution in [0.5, 0.6) is 0 Å². The molecule has 10 heteroatoms. The number of carbonyl (C=O) groups is 2. The molecular formula is C26H28ClF3N4O2. The third-order valence-corrected chi connectivity index (χ3v) is 5.72. The zero-order valence-electron chi connectivity index (χ0n) is 20.5. The van der Waals surface area contributed by atoms with Gasteiger partial charge in [-0.3, -0.25) is 9.59 Å². The largest absolute Gasteiger partial charge is 0.416 e. The molecule has 0 bridgehead atoms. The SMILES string of the molecule is CCCN(CC(=O)Nc1cc(C(C)(C)C)nn1-c1ccccc1Cl)C(=O)c1ccc(C(F)(F)F)cc1. The van der Waals surface area contributed by atoms with Crippen LogP contribution in [0, 0.1) is 0 Å². The molecule has 0 radical (unpaired) electrons. The Kier molecular flexibility index (Phi) is 8.13. The summed E-state index contributed by atoms with van der Waals surface area (Å²) in [5.74, 6) is -0.621. The van der Waals surface area contributed by atoms with E-state index in [1.165, 1.54) is 4.90 Å². The fraction of sp³-hybridized carbons (Fsp3) is 0.346. The summed E-state index contributed by atoms with van der Waals surface area (Å²) in [6.45, 7) is 7.78. The molecule has 1 N–H and O–H groups in total. The topological polar surface area (TPSA) is 67.2 Å². The first-order chi connectivity index (χ1) is 16.8. The maximum absolute atomic E-state index is 13.0. The first kappa shape index (κ1) is 27.3. The van der Waals surface area contributed by atoms with Gasteiger partial charge in [-0.05, 0) is 42.8 Å². The molecule has 1 aromatic heterocycles. The van der Waals surface area contributed by atoms with E-state index in [1.54, 1.807) is 35.0 Å². The fourth-order valence-electron chi connectivity index (χ4n) is 3.51. The zero-order valence-corrected chi connectivity index (χ0v) is 21.2. The summed E-state index contributed by atoms with van der Waals surface area (Å²) in [6.07, 6.45) is -3.94. The Hall–Kier alpha value is -3.33. The van der Waals surface area contributed by atoms with E-state index >= 15 is 0 Å². The van der Waals surface area contributed by atoms with Gasteiger partial charge in [0.2, 0.25) is 5.91 Å². The maximum atomic E-state index is 13.0. The molecule has 0 saturated heterocycles.